The minimum Gasteiger partial charge on any atom is -0.481 e. The summed E-state index contributed by atoms with van der Waals surface area (Å²) in [5, 5.41) is 13.2. The van der Waals surface area contributed by atoms with Gasteiger partial charge in [0.15, 0.2) is 0 Å². The summed E-state index contributed by atoms with van der Waals surface area (Å²) in [7, 11) is 0. The first-order valence-electron chi connectivity index (χ1n) is 5.58. The van der Waals surface area contributed by atoms with E-state index in [2.05, 4.69) is 10.6 Å². The number of benzene rings is 1. The second-order valence-corrected chi connectivity index (χ2v) is 4.06. The fourth-order valence-corrected chi connectivity index (χ4v) is 1.44. The van der Waals surface area contributed by atoms with E-state index in [1.54, 1.807) is 0 Å². The third-order valence-electron chi connectivity index (χ3n) is 2.31. The Labute approximate surface area is 108 Å². The lowest BCUT2D eigenvalue weighted by Crippen LogP contribution is -2.41. The molecular weight excluding hydrogens is 258 g/mol. The van der Waals surface area contributed by atoms with Crippen molar-refractivity contribution in [3.8, 4) is 0 Å². The number of halogens is 2. The Morgan fingerprint density at radius 1 is 1.37 bits per heavy atom. The molecule has 0 aliphatic heterocycles. The molecule has 1 aromatic rings. The highest BCUT2D eigenvalue weighted by molar-refractivity contribution is 5.75. The third-order valence-corrected chi connectivity index (χ3v) is 2.31. The van der Waals surface area contributed by atoms with Gasteiger partial charge in [-0.15, -0.1) is 0 Å². The average molecular weight is 272 g/mol. The first-order valence-corrected chi connectivity index (χ1v) is 5.58. The molecule has 19 heavy (non-hydrogen) atoms. The van der Waals surface area contributed by atoms with Crippen molar-refractivity contribution >= 4 is 12.0 Å². The normalized spacial score (nSPS) is 11.7. The molecule has 1 rings (SSSR count). The molecule has 104 valence electrons. The van der Waals surface area contributed by atoms with Crippen LogP contribution in [0.4, 0.5) is 13.6 Å². The SMILES string of the molecule is CC(CC(=O)O)NC(=O)NCc1cc(F)ccc1F. The Hall–Kier alpha value is -2.18. The van der Waals surface area contributed by atoms with Gasteiger partial charge in [-0.1, -0.05) is 0 Å². The third kappa shape index (κ3) is 5.33. The molecule has 0 heterocycles. The highest BCUT2D eigenvalue weighted by atomic mass is 19.1. The highest BCUT2D eigenvalue weighted by Crippen LogP contribution is 2.09. The van der Waals surface area contributed by atoms with Crippen molar-refractivity contribution in [2.45, 2.75) is 25.9 Å². The minimum absolute atomic E-state index is 0.0148. The van der Waals surface area contributed by atoms with Crippen molar-refractivity contribution in [3.63, 3.8) is 0 Å². The molecule has 0 saturated heterocycles. The molecule has 1 aromatic carbocycles. The first-order chi connectivity index (χ1) is 8.88. The number of aliphatic carboxylic acids is 1. The van der Waals surface area contributed by atoms with E-state index >= 15 is 0 Å². The molecule has 5 nitrogen and oxygen atoms in total. The van der Waals surface area contributed by atoms with Gasteiger partial charge in [0.2, 0.25) is 0 Å². The maximum atomic E-state index is 13.2. The van der Waals surface area contributed by atoms with Crippen molar-refractivity contribution < 1.29 is 23.5 Å². The number of carboxylic acids is 1. The van der Waals surface area contributed by atoms with Crippen LogP contribution in [0, 0.1) is 11.6 Å². The summed E-state index contributed by atoms with van der Waals surface area (Å²) in [5.41, 5.74) is 0.0148. The van der Waals surface area contributed by atoms with Crippen LogP contribution in [0.5, 0.6) is 0 Å². The van der Waals surface area contributed by atoms with Crippen molar-refractivity contribution in [2.24, 2.45) is 0 Å². The van der Waals surface area contributed by atoms with Crippen LogP contribution in [0.15, 0.2) is 18.2 Å². The van der Waals surface area contributed by atoms with E-state index in [4.69, 9.17) is 5.11 Å². The number of carboxylic acid groups (broad SMARTS) is 1. The van der Waals surface area contributed by atoms with Crippen LogP contribution >= 0.6 is 0 Å². The molecule has 0 aliphatic rings. The molecule has 0 radical (unpaired) electrons. The Kier molecular flexibility index (Phi) is 5.23. The molecule has 0 aromatic heterocycles. The van der Waals surface area contributed by atoms with Crippen molar-refractivity contribution in [1.29, 1.82) is 0 Å². The first kappa shape index (κ1) is 14.9. The monoisotopic (exact) mass is 272 g/mol. The van der Waals surface area contributed by atoms with Crippen LogP contribution in [0.1, 0.15) is 18.9 Å². The second-order valence-electron chi connectivity index (χ2n) is 4.06. The van der Waals surface area contributed by atoms with Gasteiger partial charge < -0.3 is 15.7 Å². The number of urea groups is 1. The molecular formula is C12H14F2N2O3. The number of carbonyl (C=O) groups is 2. The fraction of sp³-hybridized carbons (Fsp3) is 0.333. The lowest BCUT2D eigenvalue weighted by Gasteiger charge is -2.12. The number of rotatable bonds is 5. The van der Waals surface area contributed by atoms with E-state index < -0.39 is 29.7 Å². The second kappa shape index (κ2) is 6.67. The zero-order valence-electron chi connectivity index (χ0n) is 10.2. The Balaban J connectivity index is 2.46. The average Bonchev–Trinajstić information content (AvgIpc) is 2.29. The summed E-state index contributed by atoms with van der Waals surface area (Å²) in [6, 6.07) is 1.73. The van der Waals surface area contributed by atoms with Crippen LogP contribution in [0.25, 0.3) is 0 Å². The largest absolute Gasteiger partial charge is 0.481 e. The molecule has 2 amide bonds. The van der Waals surface area contributed by atoms with Gasteiger partial charge in [-0.2, -0.15) is 0 Å². The van der Waals surface area contributed by atoms with E-state index in [0.717, 1.165) is 18.2 Å². The summed E-state index contributed by atoms with van der Waals surface area (Å²) < 4.78 is 26.1. The van der Waals surface area contributed by atoms with Gasteiger partial charge in [0.1, 0.15) is 11.6 Å². The lowest BCUT2D eigenvalue weighted by atomic mass is 10.2. The molecule has 0 saturated carbocycles. The number of carbonyl (C=O) groups excluding carboxylic acids is 1. The van der Waals surface area contributed by atoms with Gasteiger partial charge in [0.25, 0.3) is 0 Å². The number of hydrogen-bond donors (Lipinski definition) is 3. The van der Waals surface area contributed by atoms with Crippen LogP contribution in [0.3, 0.4) is 0 Å². The van der Waals surface area contributed by atoms with E-state index in [1.807, 2.05) is 0 Å². The Morgan fingerprint density at radius 3 is 2.68 bits per heavy atom. The molecule has 0 fully saturated rings. The maximum absolute atomic E-state index is 13.2. The zero-order valence-corrected chi connectivity index (χ0v) is 10.2. The Morgan fingerprint density at radius 2 is 2.05 bits per heavy atom. The fourth-order valence-electron chi connectivity index (χ4n) is 1.44. The summed E-state index contributed by atoms with van der Waals surface area (Å²) in [4.78, 5) is 21.8. The molecule has 1 atom stereocenters. The van der Waals surface area contributed by atoms with Crippen LogP contribution in [0.2, 0.25) is 0 Å². The van der Waals surface area contributed by atoms with Gasteiger partial charge in [0.05, 0.1) is 6.42 Å². The van der Waals surface area contributed by atoms with Gasteiger partial charge >= 0.3 is 12.0 Å². The maximum Gasteiger partial charge on any atom is 0.315 e. The smallest absolute Gasteiger partial charge is 0.315 e. The van der Waals surface area contributed by atoms with E-state index in [1.165, 1.54) is 6.92 Å². The topological polar surface area (TPSA) is 78.4 Å². The molecule has 0 aliphatic carbocycles. The molecule has 0 spiro atoms. The summed E-state index contributed by atoms with van der Waals surface area (Å²) in [6.07, 6.45) is -0.220. The van der Waals surface area contributed by atoms with Crippen LogP contribution in [-0.4, -0.2) is 23.1 Å². The Bertz CT molecular complexity index is 480. The van der Waals surface area contributed by atoms with Crippen molar-refractivity contribution in [2.75, 3.05) is 0 Å². The van der Waals surface area contributed by atoms with Crippen molar-refractivity contribution in [1.82, 2.24) is 10.6 Å². The number of nitrogens with one attached hydrogen (secondary N) is 2. The number of hydrogen-bond acceptors (Lipinski definition) is 2. The quantitative estimate of drug-likeness (QED) is 0.762. The number of amides is 2. The predicted molar refractivity (Wildman–Crippen MR) is 63.4 cm³/mol. The van der Waals surface area contributed by atoms with Gasteiger partial charge in [-0.05, 0) is 25.1 Å². The summed E-state index contributed by atoms with van der Waals surface area (Å²) >= 11 is 0. The van der Waals surface area contributed by atoms with Gasteiger partial charge in [0, 0.05) is 18.2 Å². The van der Waals surface area contributed by atoms with E-state index in [-0.39, 0.29) is 18.5 Å². The molecule has 1 unspecified atom stereocenters. The van der Waals surface area contributed by atoms with E-state index in [0.29, 0.717) is 0 Å². The highest BCUT2D eigenvalue weighted by Gasteiger charge is 2.11. The van der Waals surface area contributed by atoms with E-state index in [9.17, 15) is 18.4 Å². The zero-order chi connectivity index (χ0) is 14.4. The molecule has 7 heteroatoms. The molecule has 0 bridgehead atoms. The van der Waals surface area contributed by atoms with Crippen LogP contribution < -0.4 is 10.6 Å². The van der Waals surface area contributed by atoms with Gasteiger partial charge in [-0.25, -0.2) is 13.6 Å². The minimum atomic E-state index is -1.04. The van der Waals surface area contributed by atoms with Gasteiger partial charge in [-0.3, -0.25) is 4.79 Å². The standard InChI is InChI=1S/C12H14F2N2O3/c1-7(4-11(17)18)16-12(19)15-6-8-5-9(13)2-3-10(8)14/h2-3,5,7H,4,6H2,1H3,(H,17,18)(H2,15,16,19). The lowest BCUT2D eigenvalue weighted by molar-refractivity contribution is -0.137. The van der Waals surface area contributed by atoms with Crippen LogP contribution in [-0.2, 0) is 11.3 Å². The molecule has 3 N–H and O–H groups in total. The summed E-state index contributed by atoms with van der Waals surface area (Å²) in [5.74, 6) is -2.26. The van der Waals surface area contributed by atoms with Crippen molar-refractivity contribution in [3.05, 3.63) is 35.4 Å². The predicted octanol–water partition coefficient (Wildman–Crippen LogP) is 1.63. The summed E-state index contributed by atoms with van der Waals surface area (Å²) in [6.45, 7) is 1.34.